The van der Waals surface area contributed by atoms with Crippen LogP contribution in [-0.4, -0.2) is 0 Å². The number of benzene rings is 1. The highest BCUT2D eigenvalue weighted by Crippen LogP contribution is 2.21. The van der Waals surface area contributed by atoms with Crippen molar-refractivity contribution in [1.29, 1.82) is 0 Å². The molecule has 0 saturated carbocycles. The molecule has 0 unspecified atom stereocenters. The van der Waals surface area contributed by atoms with E-state index in [2.05, 4.69) is 0 Å². The maximum absolute atomic E-state index is 13.2. The second kappa shape index (κ2) is 3.86. The van der Waals surface area contributed by atoms with Crippen LogP contribution in [0.3, 0.4) is 0 Å². The molecule has 0 radical (unpaired) electrons. The standard InChI is InChI=1S/C11H14F2/c1-4-8-7(3)9(5-2)11(13)6-10(8)12/h6H,4-5H2,1-3H3. The van der Waals surface area contributed by atoms with Gasteiger partial charge in [-0.25, -0.2) is 8.78 Å². The lowest BCUT2D eigenvalue weighted by atomic mass is 9.98. The maximum Gasteiger partial charge on any atom is 0.129 e. The summed E-state index contributed by atoms with van der Waals surface area (Å²) in [5, 5.41) is 0. The Kier molecular flexibility index (Phi) is 3.02. The van der Waals surface area contributed by atoms with Crippen molar-refractivity contribution < 1.29 is 8.78 Å². The molecule has 0 nitrogen and oxygen atoms in total. The molecular formula is C11H14F2. The van der Waals surface area contributed by atoms with Gasteiger partial charge in [0.25, 0.3) is 0 Å². The lowest BCUT2D eigenvalue weighted by Gasteiger charge is -2.10. The van der Waals surface area contributed by atoms with Crippen LogP contribution in [0.5, 0.6) is 0 Å². The van der Waals surface area contributed by atoms with E-state index in [-0.39, 0.29) is 0 Å². The smallest absolute Gasteiger partial charge is 0.129 e. The maximum atomic E-state index is 13.2. The molecule has 0 aromatic heterocycles. The Morgan fingerprint density at radius 3 is 1.69 bits per heavy atom. The summed E-state index contributed by atoms with van der Waals surface area (Å²) in [5.41, 5.74) is 2.04. The quantitative estimate of drug-likeness (QED) is 0.660. The normalized spacial score (nSPS) is 10.5. The third-order valence-corrected chi connectivity index (χ3v) is 2.44. The van der Waals surface area contributed by atoms with Crippen LogP contribution < -0.4 is 0 Å². The lowest BCUT2D eigenvalue weighted by molar-refractivity contribution is 0.561. The Bertz CT molecular complexity index is 288. The zero-order chi connectivity index (χ0) is 10.0. The van der Waals surface area contributed by atoms with Crippen LogP contribution in [0.25, 0.3) is 0 Å². The van der Waals surface area contributed by atoms with Crippen LogP contribution in [0.2, 0.25) is 0 Å². The molecule has 0 fully saturated rings. The fourth-order valence-electron chi connectivity index (χ4n) is 1.69. The summed E-state index contributed by atoms with van der Waals surface area (Å²) in [6.45, 7) is 5.54. The van der Waals surface area contributed by atoms with Gasteiger partial charge in [0.1, 0.15) is 11.6 Å². The van der Waals surface area contributed by atoms with E-state index in [1.54, 1.807) is 6.92 Å². The monoisotopic (exact) mass is 184 g/mol. The molecule has 2 heteroatoms. The summed E-state index contributed by atoms with van der Waals surface area (Å²) in [7, 11) is 0. The fourth-order valence-corrected chi connectivity index (χ4v) is 1.69. The first-order valence-electron chi connectivity index (χ1n) is 4.58. The van der Waals surface area contributed by atoms with Crippen molar-refractivity contribution in [2.24, 2.45) is 0 Å². The molecule has 0 heterocycles. The van der Waals surface area contributed by atoms with Crippen LogP contribution in [0.4, 0.5) is 8.78 Å². The van der Waals surface area contributed by atoms with Crippen LogP contribution in [0.1, 0.15) is 30.5 Å². The molecule has 0 spiro atoms. The first-order chi connectivity index (χ1) is 6.11. The van der Waals surface area contributed by atoms with Crippen molar-refractivity contribution >= 4 is 0 Å². The molecule has 0 saturated heterocycles. The Balaban J connectivity index is 3.39. The molecular weight excluding hydrogens is 170 g/mol. The molecule has 0 N–H and O–H groups in total. The summed E-state index contributed by atoms with van der Waals surface area (Å²) < 4.78 is 26.4. The lowest BCUT2D eigenvalue weighted by Crippen LogP contribution is -2.01. The van der Waals surface area contributed by atoms with Gasteiger partial charge in [-0.3, -0.25) is 0 Å². The number of hydrogen-bond donors (Lipinski definition) is 0. The Hall–Kier alpha value is -0.920. The second-order valence-corrected chi connectivity index (χ2v) is 3.13. The molecule has 0 aliphatic rings. The van der Waals surface area contributed by atoms with Crippen LogP contribution in [-0.2, 0) is 12.8 Å². The Morgan fingerprint density at radius 1 is 1.00 bits per heavy atom. The highest BCUT2D eigenvalue weighted by atomic mass is 19.1. The van der Waals surface area contributed by atoms with Gasteiger partial charge in [0, 0.05) is 6.07 Å². The molecule has 0 atom stereocenters. The minimum atomic E-state index is -0.422. The van der Waals surface area contributed by atoms with Gasteiger partial charge in [-0.05, 0) is 36.5 Å². The zero-order valence-corrected chi connectivity index (χ0v) is 8.25. The number of halogens is 2. The summed E-state index contributed by atoms with van der Waals surface area (Å²) in [5.74, 6) is -0.843. The second-order valence-electron chi connectivity index (χ2n) is 3.13. The molecule has 0 aliphatic carbocycles. The molecule has 0 bridgehead atoms. The van der Waals surface area contributed by atoms with Gasteiger partial charge in [-0.1, -0.05) is 13.8 Å². The van der Waals surface area contributed by atoms with Crippen molar-refractivity contribution in [2.75, 3.05) is 0 Å². The van der Waals surface area contributed by atoms with E-state index in [9.17, 15) is 8.78 Å². The first-order valence-corrected chi connectivity index (χ1v) is 4.58. The van der Waals surface area contributed by atoms with E-state index >= 15 is 0 Å². The van der Waals surface area contributed by atoms with Crippen LogP contribution >= 0.6 is 0 Å². The SMILES string of the molecule is CCc1c(F)cc(F)c(CC)c1C. The van der Waals surface area contributed by atoms with Crippen molar-refractivity contribution in [3.05, 3.63) is 34.4 Å². The molecule has 13 heavy (non-hydrogen) atoms. The number of rotatable bonds is 2. The third kappa shape index (κ3) is 1.71. The first kappa shape index (κ1) is 10.2. The van der Waals surface area contributed by atoms with E-state index in [4.69, 9.17) is 0 Å². The zero-order valence-electron chi connectivity index (χ0n) is 8.25. The number of hydrogen-bond acceptors (Lipinski definition) is 0. The van der Waals surface area contributed by atoms with Crippen molar-refractivity contribution in [3.8, 4) is 0 Å². The van der Waals surface area contributed by atoms with E-state index < -0.39 is 11.6 Å². The van der Waals surface area contributed by atoms with Gasteiger partial charge in [0.05, 0.1) is 0 Å². The van der Waals surface area contributed by atoms with Gasteiger partial charge in [-0.2, -0.15) is 0 Å². The van der Waals surface area contributed by atoms with Gasteiger partial charge in [0.2, 0.25) is 0 Å². The Morgan fingerprint density at radius 2 is 1.38 bits per heavy atom. The average Bonchev–Trinajstić information content (AvgIpc) is 2.04. The van der Waals surface area contributed by atoms with E-state index in [1.165, 1.54) is 0 Å². The summed E-state index contributed by atoms with van der Waals surface area (Å²) in [4.78, 5) is 0. The van der Waals surface area contributed by atoms with E-state index in [0.717, 1.165) is 11.6 Å². The Labute approximate surface area is 77.6 Å². The summed E-state index contributed by atoms with van der Waals surface area (Å²) in [6.07, 6.45) is 1.23. The van der Waals surface area contributed by atoms with Crippen LogP contribution in [0.15, 0.2) is 6.07 Å². The largest absolute Gasteiger partial charge is 0.207 e. The molecule has 0 aliphatic heterocycles. The topological polar surface area (TPSA) is 0 Å². The van der Waals surface area contributed by atoms with Crippen LogP contribution in [0, 0.1) is 18.6 Å². The fraction of sp³-hybridized carbons (Fsp3) is 0.455. The highest BCUT2D eigenvalue weighted by Gasteiger charge is 2.12. The van der Waals surface area contributed by atoms with Crippen molar-refractivity contribution in [1.82, 2.24) is 0 Å². The average molecular weight is 184 g/mol. The van der Waals surface area contributed by atoms with Crippen molar-refractivity contribution in [3.63, 3.8) is 0 Å². The van der Waals surface area contributed by atoms with E-state index in [0.29, 0.717) is 24.0 Å². The van der Waals surface area contributed by atoms with Gasteiger partial charge >= 0.3 is 0 Å². The van der Waals surface area contributed by atoms with Gasteiger partial charge in [-0.15, -0.1) is 0 Å². The molecule has 1 rings (SSSR count). The minimum Gasteiger partial charge on any atom is -0.207 e. The van der Waals surface area contributed by atoms with Gasteiger partial charge < -0.3 is 0 Å². The molecule has 72 valence electrons. The van der Waals surface area contributed by atoms with Crippen molar-refractivity contribution in [2.45, 2.75) is 33.6 Å². The predicted molar refractivity (Wildman–Crippen MR) is 49.9 cm³/mol. The predicted octanol–water partition coefficient (Wildman–Crippen LogP) is 3.40. The molecule has 1 aromatic rings. The third-order valence-electron chi connectivity index (χ3n) is 2.44. The van der Waals surface area contributed by atoms with Gasteiger partial charge in [0.15, 0.2) is 0 Å². The highest BCUT2D eigenvalue weighted by molar-refractivity contribution is 5.36. The summed E-state index contributed by atoms with van der Waals surface area (Å²) in [6, 6.07) is 0.991. The van der Waals surface area contributed by atoms with E-state index in [1.807, 2.05) is 13.8 Å². The minimum absolute atomic E-state index is 0.422. The summed E-state index contributed by atoms with van der Waals surface area (Å²) >= 11 is 0. The molecule has 1 aromatic carbocycles. The molecule has 0 amide bonds.